The van der Waals surface area contributed by atoms with Crippen LogP contribution in [0, 0.1) is 10.8 Å². The third-order valence-electron chi connectivity index (χ3n) is 5.81. The molecular formula is C21H26N2O3. The van der Waals surface area contributed by atoms with Gasteiger partial charge in [0, 0.05) is 23.5 Å². The molecule has 2 aromatic rings. The number of nitrogens with one attached hydrogen (secondary N) is 1. The number of aromatic amines is 1. The zero-order valence-electron chi connectivity index (χ0n) is 15.7. The summed E-state index contributed by atoms with van der Waals surface area (Å²) >= 11 is 0. The molecule has 2 heterocycles. The molecule has 1 aromatic heterocycles. The van der Waals surface area contributed by atoms with Gasteiger partial charge in [0.15, 0.2) is 6.61 Å². The molecule has 138 valence electrons. The number of ether oxygens (including phenoxy) is 1. The summed E-state index contributed by atoms with van der Waals surface area (Å²) in [5.74, 6) is -0.566. The van der Waals surface area contributed by atoms with Gasteiger partial charge in [-0.15, -0.1) is 0 Å². The van der Waals surface area contributed by atoms with E-state index in [0.717, 1.165) is 36.7 Å². The molecule has 1 amide bonds. The lowest BCUT2D eigenvalue weighted by Gasteiger charge is -2.39. The zero-order chi connectivity index (χ0) is 18.5. The number of fused-ring (bicyclic) bond motifs is 3. The molecule has 0 unspecified atom stereocenters. The third kappa shape index (κ3) is 3.11. The number of carbonyl (C=O) groups is 2. The molecule has 0 spiro atoms. The molecule has 1 N–H and O–H groups in total. The third-order valence-corrected chi connectivity index (χ3v) is 5.81. The molecule has 4 rings (SSSR count). The highest BCUT2D eigenvalue weighted by Gasteiger charge is 2.50. The Morgan fingerprint density at radius 1 is 1.23 bits per heavy atom. The SMILES string of the molecule is CC1(C)C[C@@H]2C[C@@](C)(CN2C(=O)COC(=O)c2cc3ccccc3[nH]2)C1. The van der Waals surface area contributed by atoms with Gasteiger partial charge in [0.1, 0.15) is 5.69 Å². The quantitative estimate of drug-likeness (QED) is 0.854. The Morgan fingerprint density at radius 2 is 2.00 bits per heavy atom. The molecule has 1 saturated heterocycles. The number of nitrogens with zero attached hydrogens (tertiary/aromatic N) is 1. The molecule has 1 saturated carbocycles. The Hall–Kier alpha value is -2.30. The predicted molar refractivity (Wildman–Crippen MR) is 99.8 cm³/mol. The fourth-order valence-corrected chi connectivity index (χ4v) is 5.22. The van der Waals surface area contributed by atoms with Crippen molar-refractivity contribution in [1.82, 2.24) is 9.88 Å². The number of carbonyl (C=O) groups excluding carboxylic acids is 2. The van der Waals surface area contributed by atoms with Crippen molar-refractivity contribution in [1.29, 1.82) is 0 Å². The molecule has 1 aliphatic carbocycles. The molecule has 26 heavy (non-hydrogen) atoms. The molecule has 2 aliphatic rings. The van der Waals surface area contributed by atoms with Crippen LogP contribution in [-0.4, -0.2) is 41.0 Å². The van der Waals surface area contributed by atoms with Crippen LogP contribution in [0.1, 0.15) is 50.5 Å². The molecule has 5 heteroatoms. The maximum Gasteiger partial charge on any atom is 0.355 e. The van der Waals surface area contributed by atoms with Crippen molar-refractivity contribution in [3.8, 4) is 0 Å². The number of esters is 1. The summed E-state index contributed by atoms with van der Waals surface area (Å²) in [5, 5.41) is 0.953. The van der Waals surface area contributed by atoms with Gasteiger partial charge in [-0.3, -0.25) is 4.79 Å². The van der Waals surface area contributed by atoms with E-state index in [-0.39, 0.29) is 29.4 Å². The minimum Gasteiger partial charge on any atom is -0.451 e. The molecule has 1 aromatic carbocycles. The molecule has 1 aliphatic heterocycles. The van der Waals surface area contributed by atoms with Gasteiger partial charge in [0.05, 0.1) is 0 Å². The molecule has 2 atom stereocenters. The van der Waals surface area contributed by atoms with Gasteiger partial charge in [0.2, 0.25) is 0 Å². The number of aromatic nitrogens is 1. The summed E-state index contributed by atoms with van der Waals surface area (Å²) in [5.41, 5.74) is 1.71. The van der Waals surface area contributed by atoms with E-state index in [1.165, 1.54) is 0 Å². The Bertz CT molecular complexity index is 836. The van der Waals surface area contributed by atoms with Crippen molar-refractivity contribution < 1.29 is 14.3 Å². The standard InChI is InChI=1S/C21H26N2O3/c1-20(2)9-15-10-21(3,12-20)13-23(15)18(24)11-26-19(25)17-8-14-6-4-5-7-16(14)22-17/h4-8,15,22H,9-13H2,1-3H3/t15-,21-/m1/s1. The lowest BCUT2D eigenvalue weighted by Crippen LogP contribution is -2.39. The fraction of sp³-hybridized carbons (Fsp3) is 0.524. The molecule has 5 nitrogen and oxygen atoms in total. The number of benzene rings is 1. The van der Waals surface area contributed by atoms with Gasteiger partial charge >= 0.3 is 5.97 Å². The van der Waals surface area contributed by atoms with E-state index in [2.05, 4.69) is 25.8 Å². The molecule has 0 radical (unpaired) electrons. The van der Waals surface area contributed by atoms with E-state index in [4.69, 9.17) is 4.74 Å². The van der Waals surface area contributed by atoms with Crippen molar-refractivity contribution in [2.24, 2.45) is 10.8 Å². The Balaban J connectivity index is 1.40. The minimum atomic E-state index is -0.483. The van der Waals surface area contributed by atoms with Crippen molar-refractivity contribution in [2.45, 2.75) is 46.1 Å². The van der Waals surface area contributed by atoms with Crippen molar-refractivity contribution in [3.05, 3.63) is 36.0 Å². The van der Waals surface area contributed by atoms with E-state index in [9.17, 15) is 9.59 Å². The van der Waals surface area contributed by atoms with Crippen LogP contribution in [0.25, 0.3) is 10.9 Å². The Labute approximate surface area is 153 Å². The second kappa shape index (κ2) is 5.86. The van der Waals surface area contributed by atoms with Gasteiger partial charge in [-0.2, -0.15) is 0 Å². The maximum atomic E-state index is 12.7. The van der Waals surface area contributed by atoms with Gasteiger partial charge in [-0.05, 0) is 42.2 Å². The first-order chi connectivity index (χ1) is 12.2. The van der Waals surface area contributed by atoms with Crippen LogP contribution in [0.4, 0.5) is 0 Å². The van der Waals surface area contributed by atoms with Crippen molar-refractivity contribution in [2.75, 3.05) is 13.2 Å². The molecule has 2 bridgehead atoms. The highest BCUT2D eigenvalue weighted by Crippen LogP contribution is 2.52. The van der Waals surface area contributed by atoms with E-state index in [0.29, 0.717) is 5.69 Å². The number of H-pyrrole nitrogens is 1. The van der Waals surface area contributed by atoms with Crippen LogP contribution in [-0.2, 0) is 9.53 Å². The molecular weight excluding hydrogens is 328 g/mol. The largest absolute Gasteiger partial charge is 0.451 e. The van der Waals surface area contributed by atoms with Crippen LogP contribution < -0.4 is 0 Å². The number of likely N-dealkylation sites (tertiary alicyclic amines) is 1. The Kier molecular flexibility index (Phi) is 3.86. The first-order valence-electron chi connectivity index (χ1n) is 9.29. The van der Waals surface area contributed by atoms with Gasteiger partial charge < -0.3 is 14.6 Å². The summed E-state index contributed by atoms with van der Waals surface area (Å²) in [7, 11) is 0. The number of hydrogen-bond acceptors (Lipinski definition) is 3. The Morgan fingerprint density at radius 3 is 2.77 bits per heavy atom. The summed E-state index contributed by atoms with van der Waals surface area (Å²) < 4.78 is 5.30. The van der Waals surface area contributed by atoms with E-state index >= 15 is 0 Å². The lowest BCUT2D eigenvalue weighted by atomic mass is 9.65. The lowest BCUT2D eigenvalue weighted by molar-refractivity contribution is -0.135. The normalized spacial score (nSPS) is 26.9. The van der Waals surface area contributed by atoms with Gasteiger partial charge in [-0.1, -0.05) is 39.0 Å². The summed E-state index contributed by atoms with van der Waals surface area (Å²) in [6.07, 6.45) is 3.21. The highest BCUT2D eigenvalue weighted by atomic mass is 16.5. The van der Waals surface area contributed by atoms with Crippen LogP contribution in [0.3, 0.4) is 0 Å². The number of amides is 1. The number of para-hydroxylation sites is 1. The predicted octanol–water partition coefficient (Wildman–Crippen LogP) is 3.75. The monoisotopic (exact) mass is 354 g/mol. The average molecular weight is 354 g/mol. The van der Waals surface area contributed by atoms with Crippen LogP contribution in [0.5, 0.6) is 0 Å². The summed E-state index contributed by atoms with van der Waals surface area (Å²) in [6, 6.07) is 9.69. The topological polar surface area (TPSA) is 62.4 Å². The summed E-state index contributed by atoms with van der Waals surface area (Å²) in [6.45, 7) is 7.40. The average Bonchev–Trinajstić information content (AvgIpc) is 3.09. The first kappa shape index (κ1) is 17.1. The first-order valence-corrected chi connectivity index (χ1v) is 9.29. The fourth-order valence-electron chi connectivity index (χ4n) is 5.22. The minimum absolute atomic E-state index is 0.0825. The van der Waals surface area contributed by atoms with Crippen molar-refractivity contribution in [3.63, 3.8) is 0 Å². The second-order valence-electron chi connectivity index (χ2n) is 9.08. The number of rotatable bonds is 3. The highest BCUT2D eigenvalue weighted by molar-refractivity contribution is 5.95. The number of hydrogen-bond donors (Lipinski definition) is 1. The van der Waals surface area contributed by atoms with Gasteiger partial charge in [-0.25, -0.2) is 4.79 Å². The van der Waals surface area contributed by atoms with E-state index < -0.39 is 5.97 Å². The van der Waals surface area contributed by atoms with E-state index in [1.54, 1.807) is 6.07 Å². The smallest absolute Gasteiger partial charge is 0.355 e. The zero-order valence-corrected chi connectivity index (χ0v) is 15.7. The van der Waals surface area contributed by atoms with E-state index in [1.807, 2.05) is 29.2 Å². The van der Waals surface area contributed by atoms with Crippen molar-refractivity contribution >= 4 is 22.8 Å². The van der Waals surface area contributed by atoms with Crippen LogP contribution in [0.2, 0.25) is 0 Å². The van der Waals surface area contributed by atoms with Crippen LogP contribution in [0.15, 0.2) is 30.3 Å². The maximum absolute atomic E-state index is 12.7. The second-order valence-corrected chi connectivity index (χ2v) is 9.08. The summed E-state index contributed by atoms with van der Waals surface area (Å²) in [4.78, 5) is 30.0. The van der Waals surface area contributed by atoms with Gasteiger partial charge in [0.25, 0.3) is 5.91 Å². The molecule has 2 fully saturated rings. The van der Waals surface area contributed by atoms with Crippen LogP contribution >= 0.6 is 0 Å².